The standard InChI is InChI=1S/C21H20N4S/c1-3-19(13-22-9-1)15-24(16-20-8-12-26-17-20)14-18-4-6-21(7-5-18)25-11-2-10-23-25/h1-13,17H,14-16H2. The number of pyridine rings is 1. The number of thiophene rings is 1. The summed E-state index contributed by atoms with van der Waals surface area (Å²) >= 11 is 1.75. The first-order valence-corrected chi connectivity index (χ1v) is 9.52. The highest BCUT2D eigenvalue weighted by Crippen LogP contribution is 2.17. The summed E-state index contributed by atoms with van der Waals surface area (Å²) in [7, 11) is 0. The van der Waals surface area contributed by atoms with Crippen molar-refractivity contribution in [1.82, 2.24) is 19.7 Å². The van der Waals surface area contributed by atoms with Gasteiger partial charge < -0.3 is 0 Å². The Morgan fingerprint density at radius 2 is 1.69 bits per heavy atom. The van der Waals surface area contributed by atoms with Gasteiger partial charge in [0.15, 0.2) is 0 Å². The minimum atomic E-state index is 0.880. The number of benzene rings is 1. The number of hydrogen-bond donors (Lipinski definition) is 0. The van der Waals surface area contributed by atoms with Crippen LogP contribution in [0.2, 0.25) is 0 Å². The Hall–Kier alpha value is -2.76. The van der Waals surface area contributed by atoms with E-state index in [9.17, 15) is 0 Å². The molecule has 0 unspecified atom stereocenters. The molecule has 4 rings (SSSR count). The van der Waals surface area contributed by atoms with E-state index in [0.29, 0.717) is 0 Å². The van der Waals surface area contributed by atoms with Gasteiger partial charge in [-0.25, -0.2) is 4.68 Å². The molecular weight excluding hydrogens is 340 g/mol. The quantitative estimate of drug-likeness (QED) is 0.485. The maximum atomic E-state index is 4.28. The van der Waals surface area contributed by atoms with Crippen molar-refractivity contribution in [1.29, 1.82) is 0 Å². The number of hydrogen-bond acceptors (Lipinski definition) is 4. The van der Waals surface area contributed by atoms with Gasteiger partial charge in [-0.15, -0.1) is 0 Å². The maximum absolute atomic E-state index is 4.28. The van der Waals surface area contributed by atoms with Crippen LogP contribution in [0.3, 0.4) is 0 Å². The zero-order chi connectivity index (χ0) is 17.6. The van der Waals surface area contributed by atoms with Gasteiger partial charge in [-0.05, 0) is 57.8 Å². The second kappa shape index (κ2) is 8.08. The first-order chi connectivity index (χ1) is 12.9. The second-order valence-corrected chi connectivity index (χ2v) is 7.04. The maximum Gasteiger partial charge on any atom is 0.0645 e. The number of nitrogens with zero attached hydrogens (tertiary/aromatic N) is 4. The number of aromatic nitrogens is 3. The minimum Gasteiger partial charge on any atom is -0.290 e. The molecule has 0 saturated carbocycles. The van der Waals surface area contributed by atoms with Gasteiger partial charge >= 0.3 is 0 Å². The normalized spacial score (nSPS) is 11.1. The molecule has 4 nitrogen and oxygen atoms in total. The fourth-order valence-corrected chi connectivity index (χ4v) is 3.65. The van der Waals surface area contributed by atoms with E-state index in [1.807, 2.05) is 35.4 Å². The minimum absolute atomic E-state index is 0.880. The summed E-state index contributed by atoms with van der Waals surface area (Å²) in [5.74, 6) is 0. The van der Waals surface area contributed by atoms with Gasteiger partial charge in [0, 0.05) is 44.4 Å². The molecule has 0 fully saturated rings. The summed E-state index contributed by atoms with van der Waals surface area (Å²) in [6, 6.07) is 16.9. The van der Waals surface area contributed by atoms with E-state index in [1.165, 1.54) is 16.7 Å². The molecule has 0 aliphatic heterocycles. The largest absolute Gasteiger partial charge is 0.290 e. The molecule has 3 heterocycles. The van der Waals surface area contributed by atoms with Crippen molar-refractivity contribution in [2.45, 2.75) is 19.6 Å². The summed E-state index contributed by atoms with van der Waals surface area (Å²) < 4.78 is 1.88. The van der Waals surface area contributed by atoms with Gasteiger partial charge in [-0.2, -0.15) is 16.4 Å². The van der Waals surface area contributed by atoms with Crippen molar-refractivity contribution in [3.63, 3.8) is 0 Å². The average molecular weight is 360 g/mol. The fourth-order valence-electron chi connectivity index (χ4n) is 2.99. The monoisotopic (exact) mass is 360 g/mol. The third kappa shape index (κ3) is 4.25. The summed E-state index contributed by atoms with van der Waals surface area (Å²) in [6.07, 6.45) is 7.52. The Bertz CT molecular complexity index is 901. The highest BCUT2D eigenvalue weighted by atomic mass is 32.1. The van der Waals surface area contributed by atoms with Crippen LogP contribution in [-0.4, -0.2) is 19.7 Å². The zero-order valence-electron chi connectivity index (χ0n) is 14.4. The SMILES string of the molecule is c1cncc(CN(Cc2ccc(-n3cccn3)cc2)Cc2ccsc2)c1. The lowest BCUT2D eigenvalue weighted by atomic mass is 10.1. The molecule has 0 saturated heterocycles. The lowest BCUT2D eigenvalue weighted by Gasteiger charge is -2.22. The molecule has 0 amide bonds. The smallest absolute Gasteiger partial charge is 0.0645 e. The molecular formula is C21H20N4S. The first kappa shape index (κ1) is 16.7. The van der Waals surface area contributed by atoms with E-state index in [4.69, 9.17) is 0 Å². The molecule has 4 aromatic rings. The summed E-state index contributed by atoms with van der Waals surface area (Å²) in [5, 5.41) is 8.64. The van der Waals surface area contributed by atoms with Crippen molar-refractivity contribution >= 4 is 11.3 Å². The first-order valence-electron chi connectivity index (χ1n) is 8.58. The Kier molecular flexibility index (Phi) is 5.19. The van der Waals surface area contributed by atoms with Gasteiger partial charge in [0.2, 0.25) is 0 Å². The van der Waals surface area contributed by atoms with Crippen molar-refractivity contribution in [3.05, 3.63) is 101 Å². The molecule has 0 aliphatic carbocycles. The Labute approximate surface area is 157 Å². The van der Waals surface area contributed by atoms with Crippen LogP contribution in [0.1, 0.15) is 16.7 Å². The van der Waals surface area contributed by atoms with Crippen LogP contribution in [0.4, 0.5) is 0 Å². The molecule has 0 bridgehead atoms. The van der Waals surface area contributed by atoms with Crippen LogP contribution in [0.5, 0.6) is 0 Å². The molecule has 0 spiro atoms. The Balaban J connectivity index is 1.50. The molecule has 0 N–H and O–H groups in total. The third-order valence-corrected chi connectivity index (χ3v) is 4.96. The predicted molar refractivity (Wildman–Crippen MR) is 105 cm³/mol. The lowest BCUT2D eigenvalue weighted by molar-refractivity contribution is 0.248. The zero-order valence-corrected chi connectivity index (χ0v) is 15.2. The van der Waals surface area contributed by atoms with E-state index in [0.717, 1.165) is 25.3 Å². The highest BCUT2D eigenvalue weighted by Gasteiger charge is 2.09. The van der Waals surface area contributed by atoms with Crippen molar-refractivity contribution in [2.24, 2.45) is 0 Å². The van der Waals surface area contributed by atoms with Gasteiger partial charge in [0.05, 0.1) is 5.69 Å². The highest BCUT2D eigenvalue weighted by molar-refractivity contribution is 7.07. The summed E-state index contributed by atoms with van der Waals surface area (Å²) in [5.41, 5.74) is 4.96. The second-order valence-electron chi connectivity index (χ2n) is 6.26. The van der Waals surface area contributed by atoms with E-state index in [-0.39, 0.29) is 0 Å². The van der Waals surface area contributed by atoms with E-state index >= 15 is 0 Å². The van der Waals surface area contributed by atoms with E-state index in [1.54, 1.807) is 17.5 Å². The van der Waals surface area contributed by atoms with Crippen LogP contribution in [0.15, 0.2) is 84.1 Å². The van der Waals surface area contributed by atoms with Crippen LogP contribution in [0, 0.1) is 0 Å². The van der Waals surface area contributed by atoms with E-state index < -0.39 is 0 Å². The molecule has 0 atom stereocenters. The van der Waals surface area contributed by atoms with E-state index in [2.05, 4.69) is 62.1 Å². The van der Waals surface area contributed by atoms with Gasteiger partial charge in [0.25, 0.3) is 0 Å². The summed E-state index contributed by atoms with van der Waals surface area (Å²) in [6.45, 7) is 2.70. The van der Waals surface area contributed by atoms with Crippen LogP contribution >= 0.6 is 11.3 Å². The summed E-state index contributed by atoms with van der Waals surface area (Å²) in [4.78, 5) is 6.69. The van der Waals surface area contributed by atoms with Gasteiger partial charge in [-0.1, -0.05) is 18.2 Å². The van der Waals surface area contributed by atoms with Crippen LogP contribution in [0.25, 0.3) is 5.69 Å². The molecule has 0 radical (unpaired) electrons. The van der Waals surface area contributed by atoms with Crippen LogP contribution in [-0.2, 0) is 19.6 Å². The van der Waals surface area contributed by atoms with Crippen molar-refractivity contribution < 1.29 is 0 Å². The average Bonchev–Trinajstić information content (AvgIpc) is 3.37. The number of rotatable bonds is 7. The molecule has 0 aliphatic rings. The van der Waals surface area contributed by atoms with Crippen LogP contribution < -0.4 is 0 Å². The van der Waals surface area contributed by atoms with Crippen molar-refractivity contribution in [2.75, 3.05) is 0 Å². The third-order valence-electron chi connectivity index (χ3n) is 4.23. The molecule has 3 aromatic heterocycles. The van der Waals surface area contributed by atoms with Gasteiger partial charge in [-0.3, -0.25) is 9.88 Å². The molecule has 26 heavy (non-hydrogen) atoms. The topological polar surface area (TPSA) is 34.0 Å². The fraction of sp³-hybridized carbons (Fsp3) is 0.143. The lowest BCUT2D eigenvalue weighted by Crippen LogP contribution is -2.22. The predicted octanol–water partition coefficient (Wildman–Crippen LogP) is 4.53. The Morgan fingerprint density at radius 3 is 2.38 bits per heavy atom. The molecule has 1 aromatic carbocycles. The Morgan fingerprint density at radius 1 is 0.846 bits per heavy atom. The molecule has 5 heteroatoms. The van der Waals surface area contributed by atoms with Crippen molar-refractivity contribution in [3.8, 4) is 5.69 Å². The molecule has 130 valence electrons. The van der Waals surface area contributed by atoms with Gasteiger partial charge in [0.1, 0.15) is 0 Å².